The van der Waals surface area contributed by atoms with Crippen molar-refractivity contribution < 1.29 is 0 Å². The molecule has 0 unspecified atom stereocenters. The summed E-state index contributed by atoms with van der Waals surface area (Å²) in [4.78, 5) is 0. The van der Waals surface area contributed by atoms with Crippen LogP contribution in [0.5, 0.6) is 0 Å². The van der Waals surface area contributed by atoms with Gasteiger partial charge in [0.25, 0.3) is 0 Å². The molecular weight excluding hydrogens is 254 g/mol. The van der Waals surface area contributed by atoms with Crippen molar-refractivity contribution in [3.63, 3.8) is 0 Å². The van der Waals surface area contributed by atoms with E-state index in [1.165, 1.54) is 40.3 Å². The molecule has 3 aromatic carbocycles. The van der Waals surface area contributed by atoms with Crippen LogP contribution in [0.2, 0.25) is 0 Å². The number of aryl methyl sites for hydroxylation is 1. The third-order valence-electron chi connectivity index (χ3n) is 4.05. The number of hydrogen-bond donors (Lipinski definition) is 1. The zero-order valence-corrected chi connectivity index (χ0v) is 12.5. The van der Waals surface area contributed by atoms with Gasteiger partial charge in [0.05, 0.1) is 0 Å². The second kappa shape index (κ2) is 6.01. The minimum Gasteiger partial charge on any atom is -0.398 e. The van der Waals surface area contributed by atoms with E-state index in [1.54, 1.807) is 0 Å². The molecule has 0 saturated carbocycles. The zero-order chi connectivity index (χ0) is 14.7. The average Bonchev–Trinajstić information content (AvgIpc) is 2.53. The molecule has 0 aromatic heterocycles. The minimum absolute atomic E-state index is 0.859. The fourth-order valence-electron chi connectivity index (χ4n) is 2.94. The fraction of sp³-hybridized carbons (Fsp3) is 0.200. The number of fused-ring (bicyclic) bond motifs is 1. The summed E-state index contributed by atoms with van der Waals surface area (Å²) in [6, 6.07) is 21.2. The van der Waals surface area contributed by atoms with Crippen molar-refractivity contribution in [1.82, 2.24) is 0 Å². The molecule has 0 aliphatic carbocycles. The molecule has 0 radical (unpaired) electrons. The van der Waals surface area contributed by atoms with Gasteiger partial charge in [-0.05, 0) is 40.8 Å². The molecule has 0 aliphatic rings. The number of unbranched alkanes of at least 4 members (excludes halogenated alkanes) is 1. The molecule has 0 amide bonds. The van der Waals surface area contributed by atoms with Crippen molar-refractivity contribution in [3.8, 4) is 11.1 Å². The number of rotatable bonds is 4. The summed E-state index contributed by atoms with van der Waals surface area (Å²) in [6.07, 6.45) is 3.52. The van der Waals surface area contributed by atoms with Crippen molar-refractivity contribution in [3.05, 3.63) is 66.2 Å². The smallest absolute Gasteiger partial charge is 0.0400 e. The van der Waals surface area contributed by atoms with Crippen LogP contribution in [-0.4, -0.2) is 0 Å². The monoisotopic (exact) mass is 275 g/mol. The SMILES string of the molecule is CCCCc1ccccc1-c1c(N)ccc2ccccc12. The van der Waals surface area contributed by atoms with E-state index in [-0.39, 0.29) is 0 Å². The van der Waals surface area contributed by atoms with Crippen molar-refractivity contribution in [1.29, 1.82) is 0 Å². The van der Waals surface area contributed by atoms with E-state index in [0.29, 0.717) is 0 Å². The molecule has 0 bridgehead atoms. The summed E-state index contributed by atoms with van der Waals surface area (Å²) in [7, 11) is 0. The summed E-state index contributed by atoms with van der Waals surface area (Å²) >= 11 is 0. The zero-order valence-electron chi connectivity index (χ0n) is 12.5. The average molecular weight is 275 g/mol. The Hall–Kier alpha value is -2.28. The van der Waals surface area contributed by atoms with Crippen molar-refractivity contribution >= 4 is 16.5 Å². The lowest BCUT2D eigenvalue weighted by Crippen LogP contribution is -1.95. The van der Waals surface area contributed by atoms with Gasteiger partial charge in [-0.15, -0.1) is 0 Å². The van der Waals surface area contributed by atoms with Gasteiger partial charge in [-0.3, -0.25) is 0 Å². The van der Waals surface area contributed by atoms with E-state index < -0.39 is 0 Å². The van der Waals surface area contributed by atoms with Gasteiger partial charge in [-0.1, -0.05) is 67.9 Å². The highest BCUT2D eigenvalue weighted by molar-refractivity contribution is 6.02. The first-order valence-electron chi connectivity index (χ1n) is 7.66. The van der Waals surface area contributed by atoms with Crippen LogP contribution in [0.15, 0.2) is 60.7 Å². The summed E-state index contributed by atoms with van der Waals surface area (Å²) in [5.41, 5.74) is 11.0. The second-order valence-electron chi connectivity index (χ2n) is 5.51. The van der Waals surface area contributed by atoms with Crippen LogP contribution >= 0.6 is 0 Å². The number of benzene rings is 3. The van der Waals surface area contributed by atoms with Crippen molar-refractivity contribution in [2.24, 2.45) is 0 Å². The van der Waals surface area contributed by atoms with Crippen LogP contribution < -0.4 is 5.73 Å². The highest BCUT2D eigenvalue weighted by Gasteiger charge is 2.11. The number of anilines is 1. The molecule has 106 valence electrons. The van der Waals surface area contributed by atoms with E-state index in [9.17, 15) is 0 Å². The van der Waals surface area contributed by atoms with Crippen LogP contribution in [-0.2, 0) is 6.42 Å². The van der Waals surface area contributed by atoms with E-state index in [1.807, 2.05) is 6.07 Å². The molecule has 0 fully saturated rings. The Labute approximate surface area is 126 Å². The molecule has 1 heteroatoms. The molecule has 0 aliphatic heterocycles. The Morgan fingerprint density at radius 3 is 2.48 bits per heavy atom. The van der Waals surface area contributed by atoms with Gasteiger partial charge >= 0.3 is 0 Å². The first kappa shape index (κ1) is 13.7. The third-order valence-corrected chi connectivity index (χ3v) is 4.05. The Kier molecular flexibility index (Phi) is 3.92. The van der Waals surface area contributed by atoms with Crippen LogP contribution in [0.3, 0.4) is 0 Å². The molecule has 2 N–H and O–H groups in total. The highest BCUT2D eigenvalue weighted by Crippen LogP contribution is 2.36. The Morgan fingerprint density at radius 2 is 1.62 bits per heavy atom. The molecule has 1 nitrogen and oxygen atoms in total. The van der Waals surface area contributed by atoms with Crippen LogP contribution in [0.4, 0.5) is 5.69 Å². The van der Waals surface area contributed by atoms with Gasteiger partial charge in [-0.2, -0.15) is 0 Å². The van der Waals surface area contributed by atoms with Gasteiger partial charge in [0, 0.05) is 11.3 Å². The number of hydrogen-bond acceptors (Lipinski definition) is 1. The van der Waals surface area contributed by atoms with E-state index in [4.69, 9.17) is 5.73 Å². The van der Waals surface area contributed by atoms with Gasteiger partial charge in [-0.25, -0.2) is 0 Å². The lowest BCUT2D eigenvalue weighted by atomic mass is 9.91. The first-order valence-corrected chi connectivity index (χ1v) is 7.66. The lowest BCUT2D eigenvalue weighted by molar-refractivity contribution is 0.796. The van der Waals surface area contributed by atoms with Gasteiger partial charge < -0.3 is 5.73 Å². The number of nitrogen functional groups attached to an aromatic ring is 1. The molecule has 0 atom stereocenters. The molecule has 3 rings (SSSR count). The molecule has 0 saturated heterocycles. The molecular formula is C20H21N. The van der Waals surface area contributed by atoms with E-state index in [2.05, 4.69) is 61.5 Å². The Bertz CT molecular complexity index is 759. The summed E-state index contributed by atoms with van der Waals surface area (Å²) in [5.74, 6) is 0. The normalized spacial score (nSPS) is 10.9. The van der Waals surface area contributed by atoms with Crippen LogP contribution in [0, 0.1) is 0 Å². The second-order valence-corrected chi connectivity index (χ2v) is 5.51. The predicted octanol–water partition coefficient (Wildman–Crippen LogP) is 5.43. The predicted molar refractivity (Wildman–Crippen MR) is 92.4 cm³/mol. The third kappa shape index (κ3) is 2.64. The standard InChI is InChI=1S/C20H21N/c1-2-3-8-15-9-4-6-11-17(15)20-18-12-7-5-10-16(18)13-14-19(20)21/h4-7,9-14H,2-3,8,21H2,1H3. The highest BCUT2D eigenvalue weighted by atomic mass is 14.6. The summed E-state index contributed by atoms with van der Waals surface area (Å²) < 4.78 is 0. The van der Waals surface area contributed by atoms with E-state index in [0.717, 1.165) is 12.1 Å². The minimum atomic E-state index is 0.859. The van der Waals surface area contributed by atoms with Crippen LogP contribution in [0.25, 0.3) is 21.9 Å². The van der Waals surface area contributed by atoms with Gasteiger partial charge in [0.1, 0.15) is 0 Å². The van der Waals surface area contributed by atoms with E-state index >= 15 is 0 Å². The maximum Gasteiger partial charge on any atom is 0.0400 e. The van der Waals surface area contributed by atoms with Gasteiger partial charge in [0.15, 0.2) is 0 Å². The van der Waals surface area contributed by atoms with Crippen molar-refractivity contribution in [2.75, 3.05) is 5.73 Å². The lowest BCUT2D eigenvalue weighted by Gasteiger charge is -2.14. The molecule has 3 aromatic rings. The first-order chi connectivity index (χ1) is 10.3. The topological polar surface area (TPSA) is 26.0 Å². The van der Waals surface area contributed by atoms with Crippen LogP contribution in [0.1, 0.15) is 25.3 Å². The fourth-order valence-corrected chi connectivity index (χ4v) is 2.94. The number of nitrogens with two attached hydrogens (primary N) is 1. The maximum absolute atomic E-state index is 6.32. The molecule has 0 heterocycles. The summed E-state index contributed by atoms with van der Waals surface area (Å²) in [5, 5.41) is 2.48. The van der Waals surface area contributed by atoms with Gasteiger partial charge in [0.2, 0.25) is 0 Å². The maximum atomic E-state index is 6.32. The molecule has 0 spiro atoms. The summed E-state index contributed by atoms with van der Waals surface area (Å²) in [6.45, 7) is 2.23. The molecule has 21 heavy (non-hydrogen) atoms. The van der Waals surface area contributed by atoms with Crippen molar-refractivity contribution in [2.45, 2.75) is 26.2 Å². The Balaban J connectivity index is 2.23. The largest absolute Gasteiger partial charge is 0.398 e. The Morgan fingerprint density at radius 1 is 0.857 bits per heavy atom. The quantitative estimate of drug-likeness (QED) is 0.631.